The summed E-state index contributed by atoms with van der Waals surface area (Å²) in [7, 11) is 1.30. The zero-order chi connectivity index (χ0) is 19.9. The summed E-state index contributed by atoms with van der Waals surface area (Å²) >= 11 is 0. The van der Waals surface area contributed by atoms with E-state index in [1.807, 2.05) is 0 Å². The SMILES string of the molecule is CC1=NC(C(=O)Nc2ccc(-c3cc(C(F)(F)F)nn3C)c(F)c2)=C(C)C1. The maximum absolute atomic E-state index is 14.5. The summed E-state index contributed by atoms with van der Waals surface area (Å²) in [5, 5.41) is 5.92. The molecular formula is C18H16F4N4O. The van der Waals surface area contributed by atoms with E-state index in [2.05, 4.69) is 15.4 Å². The first-order chi connectivity index (χ1) is 12.6. The highest BCUT2D eigenvalue weighted by molar-refractivity contribution is 6.08. The summed E-state index contributed by atoms with van der Waals surface area (Å²) in [6, 6.07) is 4.54. The fraction of sp³-hybridized carbons (Fsp3) is 0.278. The molecule has 0 fully saturated rings. The van der Waals surface area contributed by atoms with Crippen LogP contribution in [-0.4, -0.2) is 21.4 Å². The highest BCUT2D eigenvalue weighted by Crippen LogP contribution is 2.33. The Morgan fingerprint density at radius 1 is 1.22 bits per heavy atom. The standard InChI is InChI=1S/C18H16F4N4O/c1-9-6-10(2)23-16(9)17(27)24-11-4-5-12(13(19)7-11)14-8-15(18(20,21)22)25-26(14)3/h4-5,7-8H,6H2,1-3H3,(H,24,27). The van der Waals surface area contributed by atoms with Crippen LogP contribution in [0.5, 0.6) is 0 Å². The highest BCUT2D eigenvalue weighted by Gasteiger charge is 2.35. The number of halogens is 4. The van der Waals surface area contributed by atoms with Crippen molar-refractivity contribution >= 4 is 17.3 Å². The number of aryl methyl sites for hydroxylation is 1. The van der Waals surface area contributed by atoms with Crippen molar-refractivity contribution in [1.29, 1.82) is 0 Å². The Balaban J connectivity index is 1.86. The van der Waals surface area contributed by atoms with E-state index in [9.17, 15) is 22.4 Å². The maximum atomic E-state index is 14.5. The van der Waals surface area contributed by atoms with E-state index in [1.165, 1.54) is 19.2 Å². The second-order valence-electron chi connectivity index (χ2n) is 6.34. The fourth-order valence-corrected chi connectivity index (χ4v) is 2.89. The fourth-order valence-electron chi connectivity index (χ4n) is 2.89. The van der Waals surface area contributed by atoms with Gasteiger partial charge in [0.05, 0.1) is 5.69 Å². The van der Waals surface area contributed by atoms with Gasteiger partial charge in [-0.05, 0) is 43.7 Å². The molecule has 0 aliphatic carbocycles. The van der Waals surface area contributed by atoms with Gasteiger partial charge in [0.2, 0.25) is 0 Å². The topological polar surface area (TPSA) is 59.3 Å². The van der Waals surface area contributed by atoms with Crippen LogP contribution in [0.15, 0.2) is 40.5 Å². The minimum Gasteiger partial charge on any atom is -0.321 e. The van der Waals surface area contributed by atoms with Gasteiger partial charge in [0.25, 0.3) is 5.91 Å². The molecule has 142 valence electrons. The quantitative estimate of drug-likeness (QED) is 0.806. The lowest BCUT2D eigenvalue weighted by molar-refractivity contribution is -0.141. The van der Waals surface area contributed by atoms with E-state index in [1.54, 1.807) is 13.8 Å². The molecule has 0 saturated carbocycles. The van der Waals surface area contributed by atoms with Crippen LogP contribution >= 0.6 is 0 Å². The number of aliphatic imine (C=N–C) groups is 1. The number of allylic oxidation sites excluding steroid dienone is 1. The largest absolute Gasteiger partial charge is 0.435 e. The summed E-state index contributed by atoms with van der Waals surface area (Å²) in [6.45, 7) is 3.60. The van der Waals surface area contributed by atoms with Crippen molar-refractivity contribution in [2.24, 2.45) is 12.0 Å². The molecule has 1 aromatic heterocycles. The zero-order valence-electron chi connectivity index (χ0n) is 14.8. The molecule has 1 aliphatic rings. The first-order valence-electron chi connectivity index (χ1n) is 8.02. The molecule has 0 bridgehead atoms. The summed E-state index contributed by atoms with van der Waals surface area (Å²) < 4.78 is 53.8. The number of amides is 1. The average Bonchev–Trinajstić information content (AvgIpc) is 3.09. The van der Waals surface area contributed by atoms with Crippen LogP contribution in [0.4, 0.5) is 23.2 Å². The van der Waals surface area contributed by atoms with Crippen molar-refractivity contribution in [2.45, 2.75) is 26.4 Å². The number of carbonyl (C=O) groups excluding carboxylic acids is 1. The zero-order valence-corrected chi connectivity index (χ0v) is 14.8. The van der Waals surface area contributed by atoms with Crippen LogP contribution in [0.25, 0.3) is 11.3 Å². The summed E-state index contributed by atoms with van der Waals surface area (Å²) in [5.74, 6) is -1.24. The van der Waals surface area contributed by atoms with Crippen LogP contribution in [0.2, 0.25) is 0 Å². The lowest BCUT2D eigenvalue weighted by atomic mass is 10.1. The number of alkyl halides is 3. The van der Waals surface area contributed by atoms with E-state index < -0.39 is 23.6 Å². The van der Waals surface area contributed by atoms with Gasteiger partial charge in [-0.3, -0.25) is 14.5 Å². The van der Waals surface area contributed by atoms with E-state index in [0.29, 0.717) is 12.1 Å². The van der Waals surface area contributed by atoms with Gasteiger partial charge < -0.3 is 5.32 Å². The molecule has 0 atom stereocenters. The minimum atomic E-state index is -4.62. The van der Waals surface area contributed by atoms with E-state index in [-0.39, 0.29) is 16.9 Å². The lowest BCUT2D eigenvalue weighted by Crippen LogP contribution is -2.13. The highest BCUT2D eigenvalue weighted by atomic mass is 19.4. The number of hydrogen-bond donors (Lipinski definition) is 1. The Labute approximate surface area is 152 Å². The molecule has 0 spiro atoms. The number of aromatic nitrogens is 2. The van der Waals surface area contributed by atoms with Crippen LogP contribution in [0.3, 0.4) is 0 Å². The Hall–Kier alpha value is -2.97. The van der Waals surface area contributed by atoms with E-state index in [4.69, 9.17) is 0 Å². The van der Waals surface area contributed by atoms with Gasteiger partial charge in [0, 0.05) is 30.4 Å². The van der Waals surface area contributed by atoms with Gasteiger partial charge in [0.15, 0.2) is 5.69 Å². The molecule has 27 heavy (non-hydrogen) atoms. The molecule has 3 rings (SSSR count). The van der Waals surface area contributed by atoms with Crippen molar-refractivity contribution in [2.75, 3.05) is 5.32 Å². The molecular weight excluding hydrogens is 364 g/mol. The average molecular weight is 380 g/mol. The van der Waals surface area contributed by atoms with Crippen LogP contribution < -0.4 is 5.32 Å². The predicted molar refractivity (Wildman–Crippen MR) is 92.7 cm³/mol. The number of anilines is 1. The molecule has 0 saturated heterocycles. The molecule has 1 aliphatic heterocycles. The first kappa shape index (κ1) is 18.8. The Bertz CT molecular complexity index is 986. The second-order valence-corrected chi connectivity index (χ2v) is 6.34. The normalized spacial score (nSPS) is 14.6. The third-order valence-corrected chi connectivity index (χ3v) is 4.12. The molecule has 5 nitrogen and oxygen atoms in total. The molecule has 1 N–H and O–H groups in total. The Morgan fingerprint density at radius 2 is 1.93 bits per heavy atom. The van der Waals surface area contributed by atoms with E-state index in [0.717, 1.165) is 28.1 Å². The number of nitrogens with zero attached hydrogens (tertiary/aromatic N) is 3. The second kappa shape index (κ2) is 6.64. The maximum Gasteiger partial charge on any atom is 0.435 e. The number of nitrogens with one attached hydrogen (secondary N) is 1. The first-order valence-corrected chi connectivity index (χ1v) is 8.02. The monoisotopic (exact) mass is 380 g/mol. The van der Waals surface area contributed by atoms with Crippen LogP contribution in [0, 0.1) is 5.82 Å². The Kier molecular flexibility index (Phi) is 4.63. The predicted octanol–water partition coefficient (Wildman–Crippen LogP) is 4.32. The van der Waals surface area contributed by atoms with Gasteiger partial charge >= 0.3 is 6.18 Å². The molecule has 1 amide bonds. The van der Waals surface area contributed by atoms with Crippen molar-refractivity contribution in [3.8, 4) is 11.3 Å². The molecule has 2 heterocycles. The number of hydrogen-bond acceptors (Lipinski definition) is 3. The summed E-state index contributed by atoms with van der Waals surface area (Å²) in [4.78, 5) is 16.4. The molecule has 9 heteroatoms. The van der Waals surface area contributed by atoms with E-state index >= 15 is 0 Å². The number of benzene rings is 1. The van der Waals surface area contributed by atoms with Crippen molar-refractivity contribution in [3.05, 3.63) is 47.0 Å². The summed E-state index contributed by atoms with van der Waals surface area (Å²) in [6.07, 6.45) is -4.01. The van der Waals surface area contributed by atoms with Gasteiger partial charge in [-0.15, -0.1) is 0 Å². The number of rotatable bonds is 3. The minimum absolute atomic E-state index is 0.0210. The molecule has 0 unspecified atom stereocenters. The lowest BCUT2D eigenvalue weighted by Gasteiger charge is -2.08. The summed E-state index contributed by atoms with van der Waals surface area (Å²) in [5.41, 5.74) is 0.926. The van der Waals surface area contributed by atoms with Gasteiger partial charge in [-0.2, -0.15) is 18.3 Å². The van der Waals surface area contributed by atoms with Gasteiger partial charge in [0.1, 0.15) is 11.5 Å². The molecule has 2 aromatic rings. The molecule has 0 radical (unpaired) electrons. The van der Waals surface area contributed by atoms with Crippen LogP contribution in [0.1, 0.15) is 26.0 Å². The Morgan fingerprint density at radius 3 is 2.44 bits per heavy atom. The number of carbonyl (C=O) groups is 1. The smallest absolute Gasteiger partial charge is 0.321 e. The van der Waals surface area contributed by atoms with Crippen molar-refractivity contribution < 1.29 is 22.4 Å². The third-order valence-electron chi connectivity index (χ3n) is 4.12. The third kappa shape index (κ3) is 3.76. The van der Waals surface area contributed by atoms with Crippen LogP contribution in [-0.2, 0) is 18.0 Å². The molecule has 1 aromatic carbocycles. The van der Waals surface area contributed by atoms with Crippen molar-refractivity contribution in [3.63, 3.8) is 0 Å². The van der Waals surface area contributed by atoms with Gasteiger partial charge in [-0.1, -0.05) is 0 Å². The van der Waals surface area contributed by atoms with Crippen molar-refractivity contribution in [1.82, 2.24) is 9.78 Å². The van der Waals surface area contributed by atoms with Gasteiger partial charge in [-0.25, -0.2) is 4.39 Å².